The molecule has 0 fully saturated rings. The van der Waals surface area contributed by atoms with E-state index in [9.17, 15) is 9.18 Å². The number of nitrogens with zero attached hydrogens (tertiary/aromatic N) is 2. The largest absolute Gasteiger partial charge is 0.340 e. The zero-order valence-electron chi connectivity index (χ0n) is 15.4. The summed E-state index contributed by atoms with van der Waals surface area (Å²) in [6.07, 6.45) is 0. The predicted octanol–water partition coefficient (Wildman–Crippen LogP) is 6.50. The molecule has 0 amide bonds. The number of carbonyl (C=O) groups is 1. The molecule has 0 atom stereocenters. The lowest BCUT2D eigenvalue weighted by molar-refractivity contribution is 0.0948. The van der Waals surface area contributed by atoms with Crippen LogP contribution in [-0.2, 0) is 0 Å². The summed E-state index contributed by atoms with van der Waals surface area (Å²) >= 11 is 11.9. The fraction of sp³-hybridized carbons (Fsp3) is 0. The van der Waals surface area contributed by atoms with Crippen molar-refractivity contribution in [1.29, 1.82) is 0 Å². The first kappa shape index (κ1) is 19.9. The maximum atomic E-state index is 13.3. The van der Waals surface area contributed by atoms with E-state index in [4.69, 9.17) is 23.2 Å². The minimum atomic E-state index is -0.420. The number of halogens is 3. The highest BCUT2D eigenvalue weighted by Gasteiger charge is 2.17. The van der Waals surface area contributed by atoms with Crippen molar-refractivity contribution in [1.82, 2.24) is 9.78 Å². The molecule has 3 aromatic carbocycles. The second kappa shape index (κ2) is 8.57. The minimum absolute atomic E-state index is 0.302. The number of benzene rings is 3. The van der Waals surface area contributed by atoms with Crippen molar-refractivity contribution in [3.05, 3.63) is 100 Å². The minimum Gasteiger partial charge on any atom is -0.340 e. The lowest BCUT2D eigenvalue weighted by Crippen LogP contribution is -2.16. The second-order valence-electron chi connectivity index (χ2n) is 6.40. The third-order valence-corrected chi connectivity index (χ3v) is 4.73. The molecule has 8 heteroatoms. The first-order valence-electron chi connectivity index (χ1n) is 8.93. The van der Waals surface area contributed by atoms with Gasteiger partial charge in [0, 0.05) is 33.0 Å². The first-order chi connectivity index (χ1) is 14.5. The number of nitrogens with one attached hydrogen (secondary N) is 2. The number of hydrogen-bond donors (Lipinski definition) is 2. The molecule has 0 aliphatic rings. The molecule has 150 valence electrons. The van der Waals surface area contributed by atoms with Crippen LogP contribution in [0.25, 0.3) is 0 Å². The van der Waals surface area contributed by atoms with Crippen molar-refractivity contribution in [3.8, 4) is 0 Å². The highest BCUT2D eigenvalue weighted by molar-refractivity contribution is 6.30. The Morgan fingerprint density at radius 2 is 1.33 bits per heavy atom. The summed E-state index contributed by atoms with van der Waals surface area (Å²) in [6, 6.07) is 21.1. The maximum absolute atomic E-state index is 13.3. The Kier molecular flexibility index (Phi) is 5.70. The zero-order valence-corrected chi connectivity index (χ0v) is 17.0. The number of carbonyl (C=O) groups excluding carboxylic acids is 1. The standard InChI is InChI=1S/C22H15Cl2FN4O/c23-15-3-9-18(10-4-15)26-20-13-21(27-19-11-5-16(24)6-12-19)29(28-20)22(30)14-1-7-17(25)8-2-14/h1-13,27H,(H,26,28). The fourth-order valence-electron chi connectivity index (χ4n) is 2.76. The normalized spacial score (nSPS) is 10.6. The number of aromatic nitrogens is 2. The van der Waals surface area contributed by atoms with Crippen LogP contribution in [0.3, 0.4) is 0 Å². The Hall–Kier alpha value is -3.35. The van der Waals surface area contributed by atoms with Gasteiger partial charge < -0.3 is 10.6 Å². The van der Waals surface area contributed by atoms with E-state index in [2.05, 4.69) is 15.7 Å². The van der Waals surface area contributed by atoms with Gasteiger partial charge in [0.25, 0.3) is 5.91 Å². The van der Waals surface area contributed by atoms with Crippen LogP contribution in [0.4, 0.5) is 27.4 Å². The van der Waals surface area contributed by atoms with Crippen LogP contribution in [-0.4, -0.2) is 15.7 Å². The zero-order chi connectivity index (χ0) is 21.1. The van der Waals surface area contributed by atoms with Crippen LogP contribution >= 0.6 is 23.2 Å². The van der Waals surface area contributed by atoms with Crippen LogP contribution in [0.5, 0.6) is 0 Å². The quantitative estimate of drug-likeness (QED) is 0.371. The Morgan fingerprint density at radius 1 is 0.800 bits per heavy atom. The molecule has 4 aromatic rings. The van der Waals surface area contributed by atoms with Crippen molar-refractivity contribution in [2.75, 3.05) is 10.6 Å². The summed E-state index contributed by atoms with van der Waals surface area (Å²) in [5, 5.41) is 11.9. The highest BCUT2D eigenvalue weighted by Crippen LogP contribution is 2.25. The molecular formula is C22H15Cl2FN4O. The van der Waals surface area contributed by atoms with E-state index in [1.54, 1.807) is 54.6 Å². The molecule has 0 aliphatic carbocycles. The molecule has 0 bridgehead atoms. The second-order valence-corrected chi connectivity index (χ2v) is 7.28. The van der Waals surface area contributed by atoms with Crippen LogP contribution in [0, 0.1) is 5.82 Å². The molecule has 0 saturated heterocycles. The van der Waals surface area contributed by atoms with Crippen molar-refractivity contribution in [2.24, 2.45) is 0 Å². The van der Waals surface area contributed by atoms with Crippen molar-refractivity contribution in [3.63, 3.8) is 0 Å². The van der Waals surface area contributed by atoms with E-state index < -0.39 is 11.7 Å². The number of hydrogen-bond acceptors (Lipinski definition) is 4. The third kappa shape index (κ3) is 4.62. The van der Waals surface area contributed by atoms with E-state index >= 15 is 0 Å². The molecule has 0 saturated carbocycles. The van der Waals surface area contributed by atoms with E-state index in [-0.39, 0.29) is 0 Å². The average Bonchev–Trinajstić information content (AvgIpc) is 3.13. The fourth-order valence-corrected chi connectivity index (χ4v) is 3.01. The van der Waals surface area contributed by atoms with E-state index in [0.29, 0.717) is 27.2 Å². The van der Waals surface area contributed by atoms with Crippen molar-refractivity contribution < 1.29 is 9.18 Å². The number of anilines is 4. The van der Waals surface area contributed by atoms with Gasteiger partial charge in [-0.3, -0.25) is 4.79 Å². The topological polar surface area (TPSA) is 59.0 Å². The molecule has 0 unspecified atom stereocenters. The van der Waals surface area contributed by atoms with Gasteiger partial charge in [-0.1, -0.05) is 23.2 Å². The summed E-state index contributed by atoms with van der Waals surface area (Å²) in [5.74, 6) is 0.0552. The van der Waals surface area contributed by atoms with Gasteiger partial charge in [0.2, 0.25) is 0 Å². The van der Waals surface area contributed by atoms with Crippen LogP contribution in [0.1, 0.15) is 10.4 Å². The third-order valence-electron chi connectivity index (χ3n) is 4.23. The molecule has 0 aliphatic heterocycles. The van der Waals surface area contributed by atoms with Gasteiger partial charge >= 0.3 is 0 Å². The van der Waals surface area contributed by atoms with Crippen LogP contribution < -0.4 is 10.6 Å². The van der Waals surface area contributed by atoms with Gasteiger partial charge in [0.15, 0.2) is 5.82 Å². The summed E-state index contributed by atoms with van der Waals surface area (Å²) in [6.45, 7) is 0. The molecule has 5 nitrogen and oxygen atoms in total. The lowest BCUT2D eigenvalue weighted by atomic mass is 10.2. The predicted molar refractivity (Wildman–Crippen MR) is 118 cm³/mol. The molecular weight excluding hydrogens is 426 g/mol. The van der Waals surface area contributed by atoms with Gasteiger partial charge in [-0.2, -0.15) is 4.68 Å². The van der Waals surface area contributed by atoms with Crippen LogP contribution in [0.15, 0.2) is 78.9 Å². The molecule has 4 rings (SSSR count). The SMILES string of the molecule is O=C(c1ccc(F)cc1)n1nc(Nc2ccc(Cl)cc2)cc1Nc1ccc(Cl)cc1. The van der Waals surface area contributed by atoms with E-state index in [1.165, 1.54) is 28.9 Å². The van der Waals surface area contributed by atoms with Gasteiger partial charge in [0.1, 0.15) is 11.6 Å². The summed E-state index contributed by atoms with van der Waals surface area (Å²) in [4.78, 5) is 13.0. The number of rotatable bonds is 5. The molecule has 1 heterocycles. The Labute approximate surface area is 182 Å². The summed E-state index contributed by atoms with van der Waals surface area (Å²) in [7, 11) is 0. The Bertz CT molecular complexity index is 1170. The van der Waals surface area contributed by atoms with Gasteiger partial charge in [-0.25, -0.2) is 4.39 Å². The molecule has 1 aromatic heterocycles. The van der Waals surface area contributed by atoms with Gasteiger partial charge in [-0.15, -0.1) is 5.10 Å². The van der Waals surface area contributed by atoms with Crippen molar-refractivity contribution >= 4 is 52.1 Å². The van der Waals surface area contributed by atoms with Crippen LogP contribution in [0.2, 0.25) is 10.0 Å². The first-order valence-corrected chi connectivity index (χ1v) is 9.69. The van der Waals surface area contributed by atoms with Gasteiger partial charge in [0.05, 0.1) is 0 Å². The molecule has 0 spiro atoms. The van der Waals surface area contributed by atoms with E-state index in [0.717, 1.165) is 11.4 Å². The highest BCUT2D eigenvalue weighted by atomic mass is 35.5. The van der Waals surface area contributed by atoms with Gasteiger partial charge in [-0.05, 0) is 72.8 Å². The monoisotopic (exact) mass is 440 g/mol. The molecule has 30 heavy (non-hydrogen) atoms. The molecule has 2 N–H and O–H groups in total. The van der Waals surface area contributed by atoms with Crippen molar-refractivity contribution in [2.45, 2.75) is 0 Å². The lowest BCUT2D eigenvalue weighted by Gasteiger charge is -2.09. The molecule has 0 radical (unpaired) electrons. The summed E-state index contributed by atoms with van der Waals surface area (Å²) < 4.78 is 14.5. The van der Waals surface area contributed by atoms with E-state index in [1.807, 2.05) is 0 Å². The maximum Gasteiger partial charge on any atom is 0.280 e. The average molecular weight is 441 g/mol. The Morgan fingerprint density at radius 3 is 1.90 bits per heavy atom. The smallest absolute Gasteiger partial charge is 0.280 e. The summed E-state index contributed by atoms with van der Waals surface area (Å²) in [5.41, 5.74) is 1.79. The Balaban J connectivity index is 1.68.